The number of halogens is 3. The van der Waals surface area contributed by atoms with Crippen LogP contribution in [0.4, 0.5) is 13.2 Å². The molecule has 1 unspecified atom stereocenters. The number of nitrogens with zero attached hydrogens (tertiary/aromatic N) is 2. The molecular weight excluding hydrogens is 269 g/mol. The van der Waals surface area contributed by atoms with Gasteiger partial charge in [-0.1, -0.05) is 13.8 Å². The summed E-state index contributed by atoms with van der Waals surface area (Å²) < 4.78 is 38.9. The monoisotopic (exact) mass is 290 g/mol. The summed E-state index contributed by atoms with van der Waals surface area (Å²) in [5, 5.41) is 0. The van der Waals surface area contributed by atoms with E-state index in [1.807, 2.05) is 13.8 Å². The van der Waals surface area contributed by atoms with Gasteiger partial charge in [-0.2, -0.15) is 13.2 Å². The second-order valence-electron chi connectivity index (χ2n) is 4.50. The fraction of sp³-hybridized carbons (Fsp3) is 0.615. The van der Waals surface area contributed by atoms with Crippen LogP contribution in [0.25, 0.3) is 0 Å². The predicted molar refractivity (Wildman–Crippen MR) is 71.7 cm³/mol. The van der Waals surface area contributed by atoms with Crippen LogP contribution in [0.5, 0.6) is 0 Å². The molecule has 1 atom stereocenters. The van der Waals surface area contributed by atoms with Crippen LogP contribution in [-0.4, -0.2) is 29.5 Å². The summed E-state index contributed by atoms with van der Waals surface area (Å²) in [4.78, 5) is 5.92. The predicted octanol–water partition coefficient (Wildman–Crippen LogP) is 2.34. The molecular formula is C13H21F3N4. The number of nitrogens with two attached hydrogens (primary N) is 1. The molecule has 1 aromatic rings. The molecule has 0 aromatic carbocycles. The number of hydrazine groups is 1. The lowest BCUT2D eigenvalue weighted by Crippen LogP contribution is -2.34. The van der Waals surface area contributed by atoms with Gasteiger partial charge in [0.15, 0.2) is 0 Å². The molecule has 0 aliphatic rings. The Hall–Kier alpha value is -1.18. The van der Waals surface area contributed by atoms with Crippen LogP contribution in [0.1, 0.15) is 37.4 Å². The van der Waals surface area contributed by atoms with Gasteiger partial charge in [-0.05, 0) is 32.1 Å². The Morgan fingerprint density at radius 3 is 2.50 bits per heavy atom. The van der Waals surface area contributed by atoms with Crippen molar-refractivity contribution >= 4 is 0 Å². The molecule has 20 heavy (non-hydrogen) atoms. The molecule has 0 fully saturated rings. The third-order valence-electron chi connectivity index (χ3n) is 3.36. The van der Waals surface area contributed by atoms with Crippen LogP contribution in [0.2, 0.25) is 0 Å². The molecule has 0 saturated heterocycles. The van der Waals surface area contributed by atoms with Gasteiger partial charge in [-0.3, -0.25) is 16.3 Å². The van der Waals surface area contributed by atoms with Crippen molar-refractivity contribution < 1.29 is 13.2 Å². The van der Waals surface area contributed by atoms with Crippen LogP contribution in [0.15, 0.2) is 18.5 Å². The van der Waals surface area contributed by atoms with Crippen LogP contribution < -0.4 is 11.3 Å². The number of pyridine rings is 1. The van der Waals surface area contributed by atoms with E-state index in [9.17, 15) is 13.2 Å². The van der Waals surface area contributed by atoms with Crippen molar-refractivity contribution in [2.75, 3.05) is 19.6 Å². The normalized spacial score (nSPS) is 13.8. The summed E-state index contributed by atoms with van der Waals surface area (Å²) in [6, 6.07) is 0.415. The minimum absolute atomic E-state index is 0.0923. The largest absolute Gasteiger partial charge is 0.416 e. The van der Waals surface area contributed by atoms with Gasteiger partial charge in [-0.25, -0.2) is 0 Å². The maximum absolute atomic E-state index is 13.0. The Kier molecular flexibility index (Phi) is 6.38. The summed E-state index contributed by atoms with van der Waals surface area (Å²) >= 11 is 0. The minimum Gasteiger partial charge on any atom is -0.304 e. The Balaban J connectivity index is 2.90. The van der Waals surface area contributed by atoms with Crippen LogP contribution in [0, 0.1) is 0 Å². The summed E-state index contributed by atoms with van der Waals surface area (Å²) in [7, 11) is 0. The van der Waals surface area contributed by atoms with E-state index in [1.165, 1.54) is 6.20 Å². The maximum atomic E-state index is 13.0. The number of nitrogens with one attached hydrogen (secondary N) is 1. The maximum Gasteiger partial charge on any atom is 0.416 e. The lowest BCUT2D eigenvalue weighted by atomic mass is 10.00. The fourth-order valence-electron chi connectivity index (χ4n) is 2.12. The lowest BCUT2D eigenvalue weighted by molar-refractivity contribution is -0.138. The molecule has 3 N–H and O–H groups in total. The van der Waals surface area contributed by atoms with Crippen molar-refractivity contribution in [3.63, 3.8) is 0 Å². The zero-order valence-corrected chi connectivity index (χ0v) is 11.7. The second-order valence-corrected chi connectivity index (χ2v) is 4.50. The third-order valence-corrected chi connectivity index (χ3v) is 3.36. The number of alkyl halides is 3. The standard InChI is InChI=1S/C13H21F3N4/c1-3-20(4-2)8-6-12(19-17)10-9-18-7-5-11(10)13(14,15)16/h5,7,9,12,19H,3-4,6,8,17H2,1-2H3. The Morgan fingerprint density at radius 1 is 1.35 bits per heavy atom. The van der Waals surface area contributed by atoms with Gasteiger partial charge in [-0.15, -0.1) is 0 Å². The number of hydrogen-bond donors (Lipinski definition) is 2. The van der Waals surface area contributed by atoms with Crippen molar-refractivity contribution in [2.24, 2.45) is 5.84 Å². The summed E-state index contributed by atoms with van der Waals surface area (Å²) in [6.45, 7) is 6.41. The summed E-state index contributed by atoms with van der Waals surface area (Å²) in [5.74, 6) is 5.42. The Morgan fingerprint density at radius 2 is 2.00 bits per heavy atom. The van der Waals surface area contributed by atoms with E-state index in [1.54, 1.807) is 0 Å². The summed E-state index contributed by atoms with van der Waals surface area (Å²) in [5.41, 5.74) is 1.87. The van der Waals surface area contributed by atoms with E-state index < -0.39 is 17.8 Å². The third kappa shape index (κ3) is 4.43. The van der Waals surface area contributed by atoms with E-state index >= 15 is 0 Å². The second kappa shape index (κ2) is 7.56. The van der Waals surface area contributed by atoms with Gasteiger partial charge >= 0.3 is 6.18 Å². The molecule has 1 aromatic heterocycles. The van der Waals surface area contributed by atoms with Crippen molar-refractivity contribution in [2.45, 2.75) is 32.5 Å². The Labute approximate surface area is 117 Å². The highest BCUT2D eigenvalue weighted by atomic mass is 19.4. The quantitative estimate of drug-likeness (QED) is 0.598. The minimum atomic E-state index is -4.40. The molecule has 1 heterocycles. The molecule has 7 heteroatoms. The van der Waals surface area contributed by atoms with Gasteiger partial charge in [0.25, 0.3) is 0 Å². The molecule has 114 valence electrons. The topological polar surface area (TPSA) is 54.2 Å². The highest BCUT2D eigenvalue weighted by Crippen LogP contribution is 2.34. The van der Waals surface area contributed by atoms with E-state index in [-0.39, 0.29) is 5.56 Å². The highest BCUT2D eigenvalue weighted by Gasteiger charge is 2.35. The SMILES string of the molecule is CCN(CC)CCC(NN)c1cnccc1C(F)(F)F. The van der Waals surface area contributed by atoms with Crippen LogP contribution in [-0.2, 0) is 6.18 Å². The molecule has 4 nitrogen and oxygen atoms in total. The first-order chi connectivity index (χ1) is 9.43. The lowest BCUT2D eigenvalue weighted by Gasteiger charge is -2.24. The molecule has 0 aliphatic carbocycles. The first kappa shape index (κ1) is 16.9. The van der Waals surface area contributed by atoms with Gasteiger partial charge in [0.1, 0.15) is 0 Å². The van der Waals surface area contributed by atoms with E-state index in [4.69, 9.17) is 5.84 Å². The smallest absolute Gasteiger partial charge is 0.304 e. The first-order valence-electron chi connectivity index (χ1n) is 6.63. The Bertz CT molecular complexity index is 405. The van der Waals surface area contributed by atoms with Crippen molar-refractivity contribution in [1.82, 2.24) is 15.3 Å². The average molecular weight is 290 g/mol. The highest BCUT2D eigenvalue weighted by molar-refractivity contribution is 5.29. The average Bonchev–Trinajstić information content (AvgIpc) is 2.43. The molecule has 0 spiro atoms. The number of aromatic nitrogens is 1. The van der Waals surface area contributed by atoms with Crippen LogP contribution in [0.3, 0.4) is 0 Å². The van der Waals surface area contributed by atoms with Crippen molar-refractivity contribution in [3.05, 3.63) is 29.6 Å². The van der Waals surface area contributed by atoms with Crippen LogP contribution >= 0.6 is 0 Å². The number of rotatable bonds is 7. The van der Waals surface area contributed by atoms with E-state index in [2.05, 4.69) is 15.3 Å². The van der Waals surface area contributed by atoms with Gasteiger partial charge in [0.05, 0.1) is 5.56 Å². The number of hydrogen-bond acceptors (Lipinski definition) is 4. The van der Waals surface area contributed by atoms with Gasteiger partial charge in [0.2, 0.25) is 0 Å². The molecule has 0 radical (unpaired) electrons. The van der Waals surface area contributed by atoms with E-state index in [0.717, 1.165) is 25.4 Å². The van der Waals surface area contributed by atoms with Crippen molar-refractivity contribution in [3.8, 4) is 0 Å². The van der Waals surface area contributed by atoms with E-state index in [0.29, 0.717) is 13.0 Å². The van der Waals surface area contributed by atoms with Crippen molar-refractivity contribution in [1.29, 1.82) is 0 Å². The molecule has 1 rings (SSSR count). The zero-order valence-electron chi connectivity index (χ0n) is 11.7. The molecule has 0 bridgehead atoms. The summed E-state index contributed by atoms with van der Waals surface area (Å²) in [6.07, 6.45) is -1.53. The molecule has 0 saturated carbocycles. The molecule has 0 aliphatic heterocycles. The van der Waals surface area contributed by atoms with Gasteiger partial charge in [0, 0.05) is 24.0 Å². The fourth-order valence-corrected chi connectivity index (χ4v) is 2.12. The molecule has 0 amide bonds. The zero-order chi connectivity index (χ0) is 15.2. The first-order valence-corrected chi connectivity index (χ1v) is 6.63. The van der Waals surface area contributed by atoms with Gasteiger partial charge < -0.3 is 4.90 Å².